The fourth-order valence-electron chi connectivity index (χ4n) is 2.52. The number of carbonyl (C=O) groups excluding carboxylic acids is 1. The van der Waals surface area contributed by atoms with Crippen LogP contribution in [-0.2, 0) is 6.54 Å². The third-order valence-electron chi connectivity index (χ3n) is 3.73. The van der Waals surface area contributed by atoms with Gasteiger partial charge in [0.1, 0.15) is 11.6 Å². The summed E-state index contributed by atoms with van der Waals surface area (Å²) in [5.74, 6) is 1.48. The Hall–Kier alpha value is -1.76. The predicted molar refractivity (Wildman–Crippen MR) is 89.0 cm³/mol. The van der Waals surface area contributed by atoms with Crippen molar-refractivity contribution in [1.82, 2.24) is 9.88 Å². The maximum Gasteiger partial charge on any atom is 0.289 e. The number of halogens is 2. The summed E-state index contributed by atoms with van der Waals surface area (Å²) in [5.41, 5.74) is 5.49. The molecule has 0 aromatic carbocycles. The van der Waals surface area contributed by atoms with E-state index in [0.29, 0.717) is 53.6 Å². The molecule has 0 unspecified atom stereocenters. The van der Waals surface area contributed by atoms with Crippen LogP contribution in [0, 0.1) is 0 Å². The lowest BCUT2D eigenvalue weighted by molar-refractivity contribution is 0.0712. The van der Waals surface area contributed by atoms with Crippen molar-refractivity contribution in [2.45, 2.75) is 6.54 Å². The number of rotatable bonds is 3. The average molecular weight is 355 g/mol. The Morgan fingerprint density at radius 1 is 1.26 bits per heavy atom. The third kappa shape index (κ3) is 3.44. The maximum absolute atomic E-state index is 12.4. The maximum atomic E-state index is 12.4. The van der Waals surface area contributed by atoms with Crippen LogP contribution in [0.15, 0.2) is 28.8 Å². The van der Waals surface area contributed by atoms with Crippen molar-refractivity contribution in [3.05, 3.63) is 46.0 Å². The normalized spacial score (nSPS) is 15.1. The molecular weight excluding hydrogens is 339 g/mol. The zero-order valence-electron chi connectivity index (χ0n) is 12.3. The molecule has 0 saturated carbocycles. The van der Waals surface area contributed by atoms with E-state index in [4.69, 9.17) is 33.4 Å². The molecule has 6 nitrogen and oxygen atoms in total. The first-order valence-corrected chi connectivity index (χ1v) is 7.98. The largest absolute Gasteiger partial charge is 0.455 e. The summed E-state index contributed by atoms with van der Waals surface area (Å²) < 4.78 is 5.41. The molecule has 1 fully saturated rings. The molecule has 23 heavy (non-hydrogen) atoms. The van der Waals surface area contributed by atoms with Gasteiger partial charge in [-0.25, -0.2) is 4.98 Å². The zero-order chi connectivity index (χ0) is 16.4. The number of amides is 1. The molecule has 122 valence electrons. The summed E-state index contributed by atoms with van der Waals surface area (Å²) in [5, 5.41) is 1.01. The molecular formula is C15H16Cl2N4O2. The fraction of sp³-hybridized carbons (Fsp3) is 0.333. The average Bonchev–Trinajstić information content (AvgIpc) is 3.03. The van der Waals surface area contributed by atoms with Gasteiger partial charge in [-0.2, -0.15) is 0 Å². The molecule has 2 N–H and O–H groups in total. The van der Waals surface area contributed by atoms with Crippen LogP contribution < -0.4 is 10.6 Å². The van der Waals surface area contributed by atoms with E-state index in [1.54, 1.807) is 29.3 Å². The van der Waals surface area contributed by atoms with Crippen LogP contribution in [0.3, 0.4) is 0 Å². The second-order valence-electron chi connectivity index (χ2n) is 5.21. The van der Waals surface area contributed by atoms with Crippen molar-refractivity contribution in [3.8, 4) is 0 Å². The van der Waals surface area contributed by atoms with Gasteiger partial charge < -0.3 is 20.0 Å². The highest BCUT2D eigenvalue weighted by Gasteiger charge is 2.25. The first-order chi connectivity index (χ1) is 11.1. The molecule has 3 rings (SSSR count). The molecule has 0 spiro atoms. The van der Waals surface area contributed by atoms with Crippen molar-refractivity contribution < 1.29 is 9.21 Å². The van der Waals surface area contributed by atoms with E-state index >= 15 is 0 Å². The van der Waals surface area contributed by atoms with E-state index in [1.165, 1.54) is 0 Å². The molecule has 1 aliphatic rings. The van der Waals surface area contributed by atoms with Gasteiger partial charge in [-0.1, -0.05) is 23.2 Å². The van der Waals surface area contributed by atoms with Gasteiger partial charge in [0.05, 0.1) is 16.6 Å². The van der Waals surface area contributed by atoms with Gasteiger partial charge in [0.15, 0.2) is 5.76 Å². The molecule has 8 heteroatoms. The van der Waals surface area contributed by atoms with Crippen molar-refractivity contribution in [3.63, 3.8) is 0 Å². The van der Waals surface area contributed by atoms with Gasteiger partial charge in [-0.05, 0) is 18.2 Å². The first kappa shape index (κ1) is 16.1. The SMILES string of the molecule is NCc1ccc(C(=O)N2CCN(c3ncc(Cl)cc3Cl)CC2)o1. The lowest BCUT2D eigenvalue weighted by Crippen LogP contribution is -2.49. The van der Waals surface area contributed by atoms with E-state index in [9.17, 15) is 4.79 Å². The second-order valence-corrected chi connectivity index (χ2v) is 6.05. The molecule has 0 bridgehead atoms. The number of furan rings is 1. The Balaban J connectivity index is 1.65. The molecule has 0 aliphatic carbocycles. The minimum Gasteiger partial charge on any atom is -0.455 e. The Labute approximate surface area is 143 Å². The molecule has 2 aromatic rings. The minimum absolute atomic E-state index is 0.125. The first-order valence-electron chi connectivity index (χ1n) is 7.22. The lowest BCUT2D eigenvalue weighted by Gasteiger charge is -2.35. The fourth-order valence-corrected chi connectivity index (χ4v) is 3.02. The quantitative estimate of drug-likeness (QED) is 0.915. The Morgan fingerprint density at radius 2 is 2.00 bits per heavy atom. The number of nitrogens with two attached hydrogens (primary N) is 1. The summed E-state index contributed by atoms with van der Waals surface area (Å²) in [6.07, 6.45) is 1.57. The van der Waals surface area contributed by atoms with E-state index in [1.807, 2.05) is 4.90 Å². The summed E-state index contributed by atoms with van der Waals surface area (Å²) in [6.45, 7) is 2.70. The minimum atomic E-state index is -0.125. The predicted octanol–water partition coefficient (Wildman–Crippen LogP) is 2.40. The Kier molecular flexibility index (Phi) is 4.75. The van der Waals surface area contributed by atoms with E-state index in [-0.39, 0.29) is 12.5 Å². The van der Waals surface area contributed by atoms with E-state index in [2.05, 4.69) is 4.98 Å². The van der Waals surface area contributed by atoms with Crippen LogP contribution in [0.5, 0.6) is 0 Å². The number of hydrogen-bond acceptors (Lipinski definition) is 5. The molecule has 0 radical (unpaired) electrons. The summed E-state index contributed by atoms with van der Waals surface area (Å²) >= 11 is 12.0. The van der Waals surface area contributed by atoms with Gasteiger partial charge in [-0.15, -0.1) is 0 Å². The highest BCUT2D eigenvalue weighted by molar-refractivity contribution is 6.36. The molecule has 0 atom stereocenters. The molecule has 1 saturated heterocycles. The van der Waals surface area contributed by atoms with Crippen molar-refractivity contribution in [2.24, 2.45) is 5.73 Å². The number of carbonyl (C=O) groups is 1. The van der Waals surface area contributed by atoms with Crippen LogP contribution in [0.2, 0.25) is 10.0 Å². The Bertz CT molecular complexity index is 711. The van der Waals surface area contributed by atoms with Crippen molar-refractivity contribution in [2.75, 3.05) is 31.1 Å². The highest BCUT2D eigenvalue weighted by Crippen LogP contribution is 2.27. The zero-order valence-corrected chi connectivity index (χ0v) is 13.8. The number of nitrogens with zero attached hydrogens (tertiary/aromatic N) is 3. The van der Waals surface area contributed by atoms with Gasteiger partial charge in [0, 0.05) is 32.4 Å². The van der Waals surface area contributed by atoms with E-state index < -0.39 is 0 Å². The second kappa shape index (κ2) is 6.78. The van der Waals surface area contributed by atoms with E-state index in [0.717, 1.165) is 0 Å². The topological polar surface area (TPSA) is 75.6 Å². The summed E-state index contributed by atoms with van der Waals surface area (Å²) in [7, 11) is 0. The third-order valence-corrected chi connectivity index (χ3v) is 4.21. The van der Waals surface area contributed by atoms with Crippen molar-refractivity contribution >= 4 is 34.9 Å². The number of aromatic nitrogens is 1. The number of hydrogen-bond donors (Lipinski definition) is 1. The Morgan fingerprint density at radius 3 is 2.61 bits per heavy atom. The summed E-state index contributed by atoms with van der Waals surface area (Å²) in [4.78, 5) is 20.5. The van der Waals surface area contributed by atoms with Gasteiger partial charge in [0.2, 0.25) is 0 Å². The number of piperazine rings is 1. The highest BCUT2D eigenvalue weighted by atomic mass is 35.5. The van der Waals surface area contributed by atoms with Crippen LogP contribution in [0.1, 0.15) is 16.3 Å². The van der Waals surface area contributed by atoms with Crippen LogP contribution in [0.4, 0.5) is 5.82 Å². The molecule has 1 amide bonds. The van der Waals surface area contributed by atoms with Crippen LogP contribution in [0.25, 0.3) is 0 Å². The van der Waals surface area contributed by atoms with Gasteiger partial charge >= 0.3 is 0 Å². The van der Waals surface area contributed by atoms with Gasteiger partial charge in [-0.3, -0.25) is 4.79 Å². The summed E-state index contributed by atoms with van der Waals surface area (Å²) in [6, 6.07) is 5.05. The molecule has 2 aromatic heterocycles. The number of pyridine rings is 1. The monoisotopic (exact) mass is 354 g/mol. The molecule has 1 aliphatic heterocycles. The van der Waals surface area contributed by atoms with Crippen molar-refractivity contribution in [1.29, 1.82) is 0 Å². The lowest BCUT2D eigenvalue weighted by atomic mass is 10.2. The number of anilines is 1. The molecule has 3 heterocycles. The van der Waals surface area contributed by atoms with Crippen LogP contribution >= 0.6 is 23.2 Å². The van der Waals surface area contributed by atoms with Gasteiger partial charge in [0.25, 0.3) is 5.91 Å². The van der Waals surface area contributed by atoms with Crippen LogP contribution in [-0.4, -0.2) is 42.0 Å². The smallest absolute Gasteiger partial charge is 0.289 e. The standard InChI is InChI=1S/C15H16Cl2N4O2/c16-10-7-12(17)14(19-9-10)20-3-5-21(6-4-20)15(22)13-2-1-11(8-18)23-13/h1-2,7,9H,3-6,8,18H2.